The average Bonchev–Trinajstić information content (AvgIpc) is 2.31. The van der Waals surface area contributed by atoms with E-state index < -0.39 is 0 Å². The molecule has 0 aromatic heterocycles. The first-order valence-corrected chi connectivity index (χ1v) is 6.94. The van der Waals surface area contributed by atoms with Gasteiger partial charge in [-0.1, -0.05) is 49.9 Å². The van der Waals surface area contributed by atoms with E-state index in [2.05, 4.69) is 25.1 Å². The Bertz CT molecular complexity index is 326. The van der Waals surface area contributed by atoms with Crippen LogP contribution in [0.1, 0.15) is 56.9 Å². The quantitative estimate of drug-likeness (QED) is 0.658. The summed E-state index contributed by atoms with van der Waals surface area (Å²) in [6.07, 6.45) is 8.33. The molecule has 1 atom stereocenters. The zero-order valence-corrected chi connectivity index (χ0v) is 10.8. The van der Waals surface area contributed by atoms with Crippen molar-refractivity contribution in [3.8, 4) is 0 Å². The Kier molecular flexibility index (Phi) is 4.29. The maximum Gasteiger partial charge on any atom is 0.0408 e. The highest BCUT2D eigenvalue weighted by atomic mass is 35.5. The molecule has 0 heterocycles. The van der Waals surface area contributed by atoms with Crippen molar-refractivity contribution < 1.29 is 0 Å². The van der Waals surface area contributed by atoms with Crippen molar-refractivity contribution >= 4 is 11.6 Å². The van der Waals surface area contributed by atoms with Gasteiger partial charge in [0.2, 0.25) is 0 Å². The lowest BCUT2D eigenvalue weighted by molar-refractivity contribution is 0.299. The molecule has 1 aromatic carbocycles. The fourth-order valence-corrected chi connectivity index (χ4v) is 3.31. The lowest BCUT2D eigenvalue weighted by Gasteiger charge is -2.30. The summed E-state index contributed by atoms with van der Waals surface area (Å²) in [5.41, 5.74) is 1.45. The molecule has 1 aromatic rings. The van der Waals surface area contributed by atoms with Crippen LogP contribution in [0.3, 0.4) is 0 Å². The molecule has 0 spiro atoms. The second-order valence-electron chi connectivity index (χ2n) is 4.97. The number of halogens is 1. The summed E-state index contributed by atoms with van der Waals surface area (Å²) >= 11 is 6.08. The molecule has 0 saturated heterocycles. The Labute approximate surface area is 104 Å². The van der Waals surface area contributed by atoms with Gasteiger partial charge in [-0.05, 0) is 48.8 Å². The van der Waals surface area contributed by atoms with Gasteiger partial charge in [0.25, 0.3) is 0 Å². The van der Waals surface area contributed by atoms with Gasteiger partial charge in [-0.2, -0.15) is 0 Å². The molecule has 2 rings (SSSR count). The Morgan fingerprint density at radius 2 is 2.00 bits per heavy atom. The predicted octanol–water partition coefficient (Wildman–Crippen LogP) is 5.41. The summed E-state index contributed by atoms with van der Waals surface area (Å²) in [7, 11) is 0. The maximum atomic E-state index is 6.08. The molecule has 0 radical (unpaired) electrons. The van der Waals surface area contributed by atoms with Gasteiger partial charge in [0, 0.05) is 5.02 Å². The molecule has 1 aliphatic rings. The highest BCUT2D eigenvalue weighted by Crippen LogP contribution is 2.38. The normalized spacial score (nSPS) is 19.6. The van der Waals surface area contributed by atoms with Crippen LogP contribution >= 0.6 is 11.6 Å². The van der Waals surface area contributed by atoms with Gasteiger partial charge in [-0.3, -0.25) is 0 Å². The number of hydrogen-bond acceptors (Lipinski definition) is 0. The van der Waals surface area contributed by atoms with Crippen LogP contribution in [0.15, 0.2) is 24.3 Å². The summed E-state index contributed by atoms with van der Waals surface area (Å²) in [6, 6.07) is 8.46. The SMILES string of the molecule is CCC(c1cccc(Cl)c1)C1CCCCC1. The van der Waals surface area contributed by atoms with E-state index >= 15 is 0 Å². The molecule has 16 heavy (non-hydrogen) atoms. The van der Waals surface area contributed by atoms with Crippen LogP contribution in [0, 0.1) is 5.92 Å². The van der Waals surface area contributed by atoms with Crippen molar-refractivity contribution in [2.45, 2.75) is 51.4 Å². The average molecular weight is 237 g/mol. The third-order valence-electron chi connectivity index (χ3n) is 3.94. The fraction of sp³-hybridized carbons (Fsp3) is 0.600. The summed E-state index contributed by atoms with van der Waals surface area (Å²) < 4.78 is 0. The van der Waals surface area contributed by atoms with E-state index in [1.807, 2.05) is 6.07 Å². The second kappa shape index (κ2) is 5.72. The van der Waals surface area contributed by atoms with E-state index in [0.29, 0.717) is 0 Å². The zero-order chi connectivity index (χ0) is 11.4. The molecule has 1 aliphatic carbocycles. The molecule has 0 bridgehead atoms. The van der Waals surface area contributed by atoms with Crippen molar-refractivity contribution in [3.05, 3.63) is 34.9 Å². The summed E-state index contributed by atoms with van der Waals surface area (Å²) in [6.45, 7) is 2.31. The van der Waals surface area contributed by atoms with Crippen LogP contribution in [-0.4, -0.2) is 0 Å². The lowest BCUT2D eigenvalue weighted by atomic mass is 9.76. The van der Waals surface area contributed by atoms with Gasteiger partial charge < -0.3 is 0 Å². The van der Waals surface area contributed by atoms with E-state index in [9.17, 15) is 0 Å². The Morgan fingerprint density at radius 1 is 1.25 bits per heavy atom. The van der Waals surface area contributed by atoms with E-state index in [0.717, 1.165) is 16.9 Å². The van der Waals surface area contributed by atoms with Crippen LogP contribution < -0.4 is 0 Å². The van der Waals surface area contributed by atoms with Crippen molar-refractivity contribution in [1.82, 2.24) is 0 Å². The molecule has 1 heteroatoms. The Hall–Kier alpha value is -0.490. The molecule has 88 valence electrons. The van der Waals surface area contributed by atoms with Crippen molar-refractivity contribution in [2.75, 3.05) is 0 Å². The largest absolute Gasteiger partial charge is 0.0843 e. The summed E-state index contributed by atoms with van der Waals surface area (Å²) in [5.74, 6) is 1.61. The third kappa shape index (κ3) is 2.79. The molecule has 1 saturated carbocycles. The van der Waals surface area contributed by atoms with Crippen LogP contribution in [0.25, 0.3) is 0 Å². The molecule has 0 nitrogen and oxygen atoms in total. The third-order valence-corrected chi connectivity index (χ3v) is 4.17. The Balaban J connectivity index is 2.14. The topological polar surface area (TPSA) is 0 Å². The highest BCUT2D eigenvalue weighted by molar-refractivity contribution is 6.30. The first-order chi connectivity index (χ1) is 7.81. The summed E-state index contributed by atoms with van der Waals surface area (Å²) in [4.78, 5) is 0. The van der Waals surface area contributed by atoms with Gasteiger partial charge in [-0.25, -0.2) is 0 Å². The predicted molar refractivity (Wildman–Crippen MR) is 71.1 cm³/mol. The molecule has 0 N–H and O–H groups in total. The molecular formula is C15H21Cl. The first-order valence-electron chi connectivity index (χ1n) is 6.56. The number of rotatable bonds is 3. The van der Waals surface area contributed by atoms with Gasteiger partial charge in [0.1, 0.15) is 0 Å². The van der Waals surface area contributed by atoms with Crippen LogP contribution in [0.5, 0.6) is 0 Å². The van der Waals surface area contributed by atoms with Crippen molar-refractivity contribution in [2.24, 2.45) is 5.92 Å². The van der Waals surface area contributed by atoms with Crippen LogP contribution in [0.4, 0.5) is 0 Å². The second-order valence-corrected chi connectivity index (χ2v) is 5.40. The molecule has 1 unspecified atom stereocenters. The van der Waals surface area contributed by atoms with Gasteiger partial charge >= 0.3 is 0 Å². The Morgan fingerprint density at radius 3 is 2.62 bits per heavy atom. The monoisotopic (exact) mass is 236 g/mol. The molecule has 0 amide bonds. The van der Waals surface area contributed by atoms with Crippen molar-refractivity contribution in [3.63, 3.8) is 0 Å². The van der Waals surface area contributed by atoms with E-state index in [-0.39, 0.29) is 0 Å². The van der Waals surface area contributed by atoms with Gasteiger partial charge in [-0.15, -0.1) is 0 Å². The smallest absolute Gasteiger partial charge is 0.0408 e. The van der Waals surface area contributed by atoms with Gasteiger partial charge in [0.05, 0.1) is 0 Å². The maximum absolute atomic E-state index is 6.08. The molecule has 1 fully saturated rings. The van der Waals surface area contributed by atoms with E-state index in [4.69, 9.17) is 11.6 Å². The van der Waals surface area contributed by atoms with E-state index in [1.165, 1.54) is 44.1 Å². The fourth-order valence-electron chi connectivity index (χ4n) is 3.11. The molecule has 0 aliphatic heterocycles. The minimum atomic E-state index is 0.721. The minimum Gasteiger partial charge on any atom is -0.0843 e. The standard InChI is InChI=1S/C15H21Cl/c1-2-15(12-7-4-3-5-8-12)13-9-6-10-14(16)11-13/h6,9-12,15H,2-5,7-8H2,1H3. The number of benzene rings is 1. The van der Waals surface area contributed by atoms with Crippen LogP contribution in [-0.2, 0) is 0 Å². The minimum absolute atomic E-state index is 0.721. The van der Waals surface area contributed by atoms with E-state index in [1.54, 1.807) is 0 Å². The first kappa shape index (κ1) is 12.0. The number of hydrogen-bond donors (Lipinski definition) is 0. The van der Waals surface area contributed by atoms with Crippen LogP contribution in [0.2, 0.25) is 5.02 Å². The highest BCUT2D eigenvalue weighted by Gasteiger charge is 2.23. The molecular weight excluding hydrogens is 216 g/mol. The lowest BCUT2D eigenvalue weighted by Crippen LogP contribution is -2.15. The van der Waals surface area contributed by atoms with Gasteiger partial charge in [0.15, 0.2) is 0 Å². The summed E-state index contributed by atoms with van der Waals surface area (Å²) in [5, 5.41) is 0.881. The van der Waals surface area contributed by atoms with Crippen molar-refractivity contribution in [1.29, 1.82) is 0 Å². The zero-order valence-electron chi connectivity index (χ0n) is 10.1.